The molecule has 0 spiro atoms. The van der Waals surface area contributed by atoms with E-state index in [1.54, 1.807) is 12.1 Å². The molecule has 0 radical (unpaired) electrons. The molecule has 1 N–H and O–H groups in total. The lowest BCUT2D eigenvalue weighted by atomic mass is 9.74. The first kappa shape index (κ1) is 21.0. The van der Waals surface area contributed by atoms with Crippen LogP contribution in [0.4, 0.5) is 0 Å². The Morgan fingerprint density at radius 3 is 2.80 bits per heavy atom. The van der Waals surface area contributed by atoms with Crippen molar-refractivity contribution in [1.82, 2.24) is 14.9 Å². The molecule has 156 valence electrons. The van der Waals surface area contributed by atoms with Crippen molar-refractivity contribution in [3.63, 3.8) is 0 Å². The van der Waals surface area contributed by atoms with Crippen LogP contribution in [0.25, 0.3) is 10.9 Å². The van der Waals surface area contributed by atoms with Crippen LogP contribution in [0.15, 0.2) is 58.1 Å². The molecule has 6 nitrogen and oxygen atoms in total. The second-order valence-electron chi connectivity index (χ2n) is 7.52. The van der Waals surface area contributed by atoms with E-state index in [0.29, 0.717) is 35.7 Å². The summed E-state index contributed by atoms with van der Waals surface area (Å²) in [5.41, 5.74) is 1.21. The molecule has 4 rings (SSSR count). The van der Waals surface area contributed by atoms with E-state index in [9.17, 15) is 9.59 Å². The van der Waals surface area contributed by atoms with Crippen molar-refractivity contribution >= 4 is 44.3 Å². The Balaban J connectivity index is 1.51. The quantitative estimate of drug-likeness (QED) is 0.592. The molecule has 2 aromatic carbocycles. The van der Waals surface area contributed by atoms with Gasteiger partial charge in [0.1, 0.15) is 6.54 Å². The molecule has 1 saturated heterocycles. The van der Waals surface area contributed by atoms with Crippen LogP contribution >= 0.6 is 27.5 Å². The van der Waals surface area contributed by atoms with Gasteiger partial charge in [-0.2, -0.15) is 0 Å². The minimum absolute atomic E-state index is 0.0869. The van der Waals surface area contributed by atoms with Crippen molar-refractivity contribution in [3.05, 3.63) is 74.2 Å². The first-order valence-electron chi connectivity index (χ1n) is 9.72. The van der Waals surface area contributed by atoms with Gasteiger partial charge in [-0.15, -0.1) is 0 Å². The Morgan fingerprint density at radius 1 is 1.23 bits per heavy atom. The van der Waals surface area contributed by atoms with Gasteiger partial charge in [-0.1, -0.05) is 39.7 Å². The summed E-state index contributed by atoms with van der Waals surface area (Å²) in [6.45, 7) is 1.63. The fraction of sp³-hybridized carbons (Fsp3) is 0.318. The summed E-state index contributed by atoms with van der Waals surface area (Å²) in [4.78, 5) is 29.7. The molecule has 1 aromatic heterocycles. The zero-order chi connectivity index (χ0) is 21.1. The monoisotopic (exact) mass is 489 g/mol. The predicted molar refractivity (Wildman–Crippen MR) is 120 cm³/mol. The van der Waals surface area contributed by atoms with Crippen molar-refractivity contribution in [1.29, 1.82) is 0 Å². The van der Waals surface area contributed by atoms with Crippen LogP contribution in [0.3, 0.4) is 0 Å². The minimum atomic E-state index is -0.243. The highest BCUT2D eigenvalue weighted by Gasteiger charge is 2.35. The van der Waals surface area contributed by atoms with E-state index in [0.717, 1.165) is 22.9 Å². The molecule has 0 aliphatic carbocycles. The van der Waals surface area contributed by atoms with Gasteiger partial charge in [0.05, 0.1) is 17.2 Å². The summed E-state index contributed by atoms with van der Waals surface area (Å²) < 4.78 is 7.67. The fourth-order valence-electron chi connectivity index (χ4n) is 3.87. The third-order valence-electron chi connectivity index (χ3n) is 5.61. The van der Waals surface area contributed by atoms with Crippen molar-refractivity contribution < 1.29 is 9.53 Å². The Bertz CT molecular complexity index is 1140. The Labute approximate surface area is 187 Å². The normalized spacial score (nSPS) is 15.8. The molecule has 1 aliphatic rings. The second-order valence-corrected chi connectivity index (χ2v) is 8.87. The summed E-state index contributed by atoms with van der Waals surface area (Å²) in [7, 11) is 0. The Morgan fingerprint density at radius 2 is 2.03 bits per heavy atom. The first-order chi connectivity index (χ1) is 14.5. The molecular formula is C22H21BrClN3O3. The predicted octanol–water partition coefficient (Wildman–Crippen LogP) is 3.68. The number of carbonyl (C=O) groups excluding carboxylic acids is 1. The van der Waals surface area contributed by atoms with Gasteiger partial charge in [0.15, 0.2) is 0 Å². The van der Waals surface area contributed by atoms with E-state index in [4.69, 9.17) is 16.3 Å². The average molecular weight is 491 g/mol. The highest BCUT2D eigenvalue weighted by molar-refractivity contribution is 9.10. The van der Waals surface area contributed by atoms with Crippen LogP contribution in [-0.4, -0.2) is 35.2 Å². The van der Waals surface area contributed by atoms with E-state index in [1.165, 1.54) is 10.9 Å². The standard InChI is InChI=1S/C22H21BrClN3O3/c23-16-4-5-19-18(11-16)21(29)27(14-26-19)12-20(28)25-13-22(6-8-30-9-7-22)15-2-1-3-17(24)10-15/h1-5,10-11,14H,6-9,12-13H2,(H,25,28). The zero-order valence-electron chi connectivity index (χ0n) is 16.2. The lowest BCUT2D eigenvalue weighted by Crippen LogP contribution is -2.45. The lowest BCUT2D eigenvalue weighted by Gasteiger charge is -2.38. The number of hydrogen-bond donors (Lipinski definition) is 1. The van der Waals surface area contributed by atoms with Gasteiger partial charge in [0.2, 0.25) is 5.91 Å². The number of nitrogens with zero attached hydrogens (tertiary/aromatic N) is 2. The van der Waals surface area contributed by atoms with Crippen molar-refractivity contribution in [2.45, 2.75) is 24.8 Å². The van der Waals surface area contributed by atoms with E-state index >= 15 is 0 Å². The summed E-state index contributed by atoms with van der Waals surface area (Å²) in [6, 6.07) is 13.1. The Hall–Kier alpha value is -2.22. The van der Waals surface area contributed by atoms with Crippen LogP contribution in [0.2, 0.25) is 5.02 Å². The summed E-state index contributed by atoms with van der Waals surface area (Å²) in [6.07, 6.45) is 3.00. The van der Waals surface area contributed by atoms with Crippen LogP contribution in [0, 0.1) is 0 Å². The average Bonchev–Trinajstić information content (AvgIpc) is 2.75. The van der Waals surface area contributed by atoms with Gasteiger partial charge in [-0.3, -0.25) is 14.2 Å². The largest absolute Gasteiger partial charge is 0.381 e. The summed E-state index contributed by atoms with van der Waals surface area (Å²) in [5, 5.41) is 4.15. The third-order valence-corrected chi connectivity index (χ3v) is 6.34. The zero-order valence-corrected chi connectivity index (χ0v) is 18.6. The molecule has 3 aromatic rings. The number of hydrogen-bond acceptors (Lipinski definition) is 4. The van der Waals surface area contributed by atoms with Crippen molar-refractivity contribution in [2.24, 2.45) is 0 Å². The SMILES string of the molecule is O=C(Cn1cnc2ccc(Br)cc2c1=O)NCC1(c2cccc(Cl)c2)CCOCC1. The summed E-state index contributed by atoms with van der Waals surface area (Å²) in [5.74, 6) is -0.235. The molecule has 1 fully saturated rings. The van der Waals surface area contributed by atoms with Crippen LogP contribution in [0.1, 0.15) is 18.4 Å². The van der Waals surface area contributed by atoms with Crippen LogP contribution in [0.5, 0.6) is 0 Å². The number of halogens is 2. The lowest BCUT2D eigenvalue weighted by molar-refractivity contribution is -0.122. The number of carbonyl (C=O) groups is 1. The van der Waals surface area contributed by atoms with E-state index in [2.05, 4.69) is 26.2 Å². The number of nitrogens with one attached hydrogen (secondary N) is 1. The summed E-state index contributed by atoms with van der Waals surface area (Å²) >= 11 is 9.57. The van der Waals surface area contributed by atoms with E-state index in [1.807, 2.05) is 30.3 Å². The fourth-order valence-corrected chi connectivity index (χ4v) is 4.42. The second kappa shape index (κ2) is 8.88. The number of benzene rings is 2. The Kier molecular flexibility index (Phi) is 6.22. The third kappa shape index (κ3) is 4.43. The maximum atomic E-state index is 12.7. The van der Waals surface area contributed by atoms with E-state index in [-0.39, 0.29) is 23.4 Å². The minimum Gasteiger partial charge on any atom is -0.381 e. The maximum Gasteiger partial charge on any atom is 0.261 e. The highest BCUT2D eigenvalue weighted by atomic mass is 79.9. The van der Waals surface area contributed by atoms with Gasteiger partial charge in [0, 0.05) is 34.7 Å². The molecule has 0 unspecified atom stereocenters. The molecule has 0 saturated carbocycles. The smallest absolute Gasteiger partial charge is 0.261 e. The van der Waals surface area contributed by atoms with Crippen molar-refractivity contribution in [3.8, 4) is 0 Å². The number of aromatic nitrogens is 2. The number of amides is 1. The van der Waals surface area contributed by atoms with Crippen molar-refractivity contribution in [2.75, 3.05) is 19.8 Å². The highest BCUT2D eigenvalue weighted by Crippen LogP contribution is 2.35. The molecule has 8 heteroatoms. The van der Waals surface area contributed by atoms with Crippen LogP contribution in [-0.2, 0) is 21.5 Å². The first-order valence-corrected chi connectivity index (χ1v) is 10.9. The number of ether oxygens (including phenoxy) is 1. The topological polar surface area (TPSA) is 73.2 Å². The molecule has 1 amide bonds. The molecule has 2 heterocycles. The van der Waals surface area contributed by atoms with Gasteiger partial charge < -0.3 is 10.1 Å². The van der Waals surface area contributed by atoms with E-state index < -0.39 is 0 Å². The van der Waals surface area contributed by atoms with Gasteiger partial charge in [0.25, 0.3) is 5.56 Å². The van der Waals surface area contributed by atoms with Crippen LogP contribution < -0.4 is 10.9 Å². The molecule has 1 aliphatic heterocycles. The molecule has 0 atom stereocenters. The number of rotatable bonds is 5. The van der Waals surface area contributed by atoms with Gasteiger partial charge in [-0.05, 0) is 48.7 Å². The number of fused-ring (bicyclic) bond motifs is 1. The van der Waals surface area contributed by atoms with Gasteiger partial charge >= 0.3 is 0 Å². The van der Waals surface area contributed by atoms with Gasteiger partial charge in [-0.25, -0.2) is 4.98 Å². The molecule has 0 bridgehead atoms. The molecular weight excluding hydrogens is 470 g/mol. The maximum absolute atomic E-state index is 12.7. The molecule has 30 heavy (non-hydrogen) atoms.